The number of nitrogens with one attached hydrogen (secondary N) is 1. The zero-order valence-electron chi connectivity index (χ0n) is 14.5. The number of aryl methyl sites for hydroxylation is 2. The van der Waals surface area contributed by atoms with Crippen LogP contribution in [0.3, 0.4) is 0 Å². The summed E-state index contributed by atoms with van der Waals surface area (Å²) in [6.45, 7) is 8.32. The lowest BCUT2D eigenvalue weighted by Gasteiger charge is -2.12. The third kappa shape index (κ3) is 3.45. The van der Waals surface area contributed by atoms with Crippen LogP contribution < -0.4 is 0 Å². The first kappa shape index (κ1) is 17.7. The van der Waals surface area contributed by atoms with Crippen LogP contribution in [0.5, 0.6) is 0 Å². The molecule has 126 valence electrons. The molecular formula is C19H21NO4. The average molecular weight is 327 g/mol. The number of H-pyrrole nitrogens is 1. The van der Waals surface area contributed by atoms with Crippen LogP contribution >= 0.6 is 0 Å². The Morgan fingerprint density at radius 3 is 2.12 bits per heavy atom. The Morgan fingerprint density at radius 1 is 1.04 bits per heavy atom. The lowest BCUT2D eigenvalue weighted by Crippen LogP contribution is -2.25. The van der Waals surface area contributed by atoms with E-state index in [0.29, 0.717) is 22.4 Å². The fourth-order valence-electron chi connectivity index (χ4n) is 2.71. The van der Waals surface area contributed by atoms with Crippen molar-refractivity contribution in [3.05, 3.63) is 57.9 Å². The summed E-state index contributed by atoms with van der Waals surface area (Å²) in [7, 11) is 0. The number of carbonyl (C=O) groups is 3. The highest BCUT2D eigenvalue weighted by atomic mass is 16.5. The minimum absolute atomic E-state index is 0.121. The highest BCUT2D eigenvalue weighted by Gasteiger charge is 2.25. The van der Waals surface area contributed by atoms with E-state index in [2.05, 4.69) is 4.98 Å². The Morgan fingerprint density at radius 2 is 1.62 bits per heavy atom. The SMILES string of the molecule is CC(=O)c1c(C)[nH]c(C(=O)O[C@H](C)C(=O)c2ccc(C)cc2)c1C. The summed E-state index contributed by atoms with van der Waals surface area (Å²) in [5.41, 5.74) is 3.39. The van der Waals surface area contributed by atoms with E-state index in [9.17, 15) is 14.4 Å². The fraction of sp³-hybridized carbons (Fsp3) is 0.316. The van der Waals surface area contributed by atoms with Gasteiger partial charge in [-0.1, -0.05) is 29.8 Å². The molecule has 0 radical (unpaired) electrons. The average Bonchev–Trinajstić information content (AvgIpc) is 2.82. The number of esters is 1. The number of benzene rings is 1. The van der Waals surface area contributed by atoms with E-state index in [1.807, 2.05) is 19.1 Å². The number of Topliss-reactive ketones (excluding diaryl/α,β-unsaturated/α-hetero) is 2. The van der Waals surface area contributed by atoms with Gasteiger partial charge in [0.1, 0.15) is 5.69 Å². The van der Waals surface area contributed by atoms with Gasteiger partial charge in [0.25, 0.3) is 0 Å². The van der Waals surface area contributed by atoms with E-state index >= 15 is 0 Å². The van der Waals surface area contributed by atoms with Crippen molar-refractivity contribution in [3.63, 3.8) is 0 Å². The second kappa shape index (κ2) is 6.83. The molecule has 1 heterocycles. The van der Waals surface area contributed by atoms with Crippen LogP contribution in [-0.4, -0.2) is 28.6 Å². The number of carbonyl (C=O) groups excluding carboxylic acids is 3. The van der Waals surface area contributed by atoms with Gasteiger partial charge in [-0.05, 0) is 40.2 Å². The van der Waals surface area contributed by atoms with Gasteiger partial charge in [0.2, 0.25) is 5.78 Å². The Kier molecular flexibility index (Phi) is 5.02. The summed E-state index contributed by atoms with van der Waals surface area (Å²) >= 11 is 0. The smallest absolute Gasteiger partial charge is 0.355 e. The quantitative estimate of drug-likeness (QED) is 0.673. The summed E-state index contributed by atoms with van der Waals surface area (Å²) in [5, 5.41) is 0. The molecule has 0 aliphatic rings. The molecule has 1 atom stereocenters. The largest absolute Gasteiger partial charge is 0.450 e. The van der Waals surface area contributed by atoms with Gasteiger partial charge < -0.3 is 9.72 Å². The highest BCUT2D eigenvalue weighted by Crippen LogP contribution is 2.20. The Hall–Kier alpha value is -2.69. The molecule has 0 saturated carbocycles. The molecule has 1 aromatic carbocycles. The van der Waals surface area contributed by atoms with E-state index in [-0.39, 0.29) is 17.3 Å². The number of ether oxygens (including phenoxy) is 1. The third-order valence-electron chi connectivity index (χ3n) is 3.98. The predicted molar refractivity (Wildman–Crippen MR) is 90.7 cm³/mol. The molecule has 2 aromatic rings. The van der Waals surface area contributed by atoms with Crippen molar-refractivity contribution in [2.24, 2.45) is 0 Å². The maximum absolute atomic E-state index is 12.3. The van der Waals surface area contributed by atoms with E-state index in [0.717, 1.165) is 5.56 Å². The van der Waals surface area contributed by atoms with Gasteiger partial charge >= 0.3 is 5.97 Å². The van der Waals surface area contributed by atoms with E-state index in [4.69, 9.17) is 4.74 Å². The molecule has 24 heavy (non-hydrogen) atoms. The molecule has 0 amide bonds. The second-order valence-corrected chi connectivity index (χ2v) is 5.96. The third-order valence-corrected chi connectivity index (χ3v) is 3.98. The number of aromatic amines is 1. The van der Waals surface area contributed by atoms with Crippen molar-refractivity contribution in [2.45, 2.75) is 40.7 Å². The maximum atomic E-state index is 12.3. The number of ketones is 2. The van der Waals surface area contributed by atoms with Gasteiger partial charge in [-0.15, -0.1) is 0 Å². The molecule has 0 saturated heterocycles. The van der Waals surface area contributed by atoms with Crippen LogP contribution in [0.25, 0.3) is 0 Å². The first-order valence-corrected chi connectivity index (χ1v) is 7.74. The highest BCUT2D eigenvalue weighted by molar-refractivity contribution is 6.03. The van der Waals surface area contributed by atoms with Crippen molar-refractivity contribution in [1.82, 2.24) is 4.98 Å². The van der Waals surface area contributed by atoms with Crippen molar-refractivity contribution in [2.75, 3.05) is 0 Å². The minimum atomic E-state index is -0.913. The van der Waals surface area contributed by atoms with Crippen molar-refractivity contribution in [1.29, 1.82) is 0 Å². The molecule has 0 fully saturated rings. The van der Waals surface area contributed by atoms with Gasteiger partial charge in [0, 0.05) is 16.8 Å². The van der Waals surface area contributed by atoms with E-state index < -0.39 is 12.1 Å². The summed E-state index contributed by atoms with van der Waals surface area (Å²) in [4.78, 5) is 39.2. The van der Waals surface area contributed by atoms with Crippen molar-refractivity contribution < 1.29 is 19.1 Å². The van der Waals surface area contributed by atoms with E-state index in [1.165, 1.54) is 13.8 Å². The zero-order valence-corrected chi connectivity index (χ0v) is 14.5. The Labute approximate surface area is 141 Å². The molecular weight excluding hydrogens is 306 g/mol. The monoisotopic (exact) mass is 327 g/mol. The summed E-state index contributed by atoms with van der Waals surface area (Å²) in [6, 6.07) is 7.08. The van der Waals surface area contributed by atoms with Crippen LogP contribution in [0.2, 0.25) is 0 Å². The van der Waals surface area contributed by atoms with Gasteiger partial charge in [-0.25, -0.2) is 4.79 Å². The topological polar surface area (TPSA) is 76.2 Å². The summed E-state index contributed by atoms with van der Waals surface area (Å²) in [6.07, 6.45) is -0.913. The van der Waals surface area contributed by atoms with Crippen LogP contribution in [0.4, 0.5) is 0 Å². The van der Waals surface area contributed by atoms with Crippen LogP contribution in [0.15, 0.2) is 24.3 Å². The van der Waals surface area contributed by atoms with Crippen LogP contribution in [0, 0.1) is 20.8 Å². The van der Waals surface area contributed by atoms with Gasteiger partial charge in [-0.3, -0.25) is 9.59 Å². The normalized spacial score (nSPS) is 11.9. The molecule has 0 aliphatic heterocycles. The molecule has 0 aliphatic carbocycles. The Bertz CT molecular complexity index is 800. The molecule has 1 aromatic heterocycles. The Balaban J connectivity index is 2.17. The number of aromatic nitrogens is 1. The first-order valence-electron chi connectivity index (χ1n) is 7.74. The second-order valence-electron chi connectivity index (χ2n) is 5.96. The molecule has 5 heteroatoms. The molecule has 0 bridgehead atoms. The molecule has 0 unspecified atom stereocenters. The van der Waals surface area contributed by atoms with Crippen LogP contribution in [0.1, 0.15) is 61.9 Å². The first-order chi connectivity index (χ1) is 11.2. The number of hydrogen-bond donors (Lipinski definition) is 1. The number of rotatable bonds is 5. The maximum Gasteiger partial charge on any atom is 0.355 e. The van der Waals surface area contributed by atoms with E-state index in [1.54, 1.807) is 26.0 Å². The summed E-state index contributed by atoms with van der Waals surface area (Å²) in [5.74, 6) is -1.03. The lowest BCUT2D eigenvalue weighted by molar-refractivity contribution is 0.0313. The minimum Gasteiger partial charge on any atom is -0.450 e. The molecule has 2 rings (SSSR count). The standard InChI is InChI=1S/C19H21NO4/c1-10-6-8-15(9-7-10)18(22)14(5)24-19(23)17-11(2)16(13(4)21)12(3)20-17/h6-9,14,20H,1-5H3/t14-/m1/s1. The zero-order chi connectivity index (χ0) is 18.0. The van der Waals surface area contributed by atoms with Crippen molar-refractivity contribution in [3.8, 4) is 0 Å². The van der Waals surface area contributed by atoms with Crippen LogP contribution in [-0.2, 0) is 4.74 Å². The van der Waals surface area contributed by atoms with Gasteiger partial charge in [-0.2, -0.15) is 0 Å². The molecule has 1 N–H and O–H groups in total. The fourth-order valence-corrected chi connectivity index (χ4v) is 2.71. The predicted octanol–water partition coefficient (Wildman–Crippen LogP) is 3.57. The van der Waals surface area contributed by atoms with Gasteiger partial charge in [0.15, 0.2) is 11.9 Å². The van der Waals surface area contributed by atoms with Gasteiger partial charge in [0.05, 0.1) is 0 Å². The molecule has 5 nitrogen and oxygen atoms in total. The summed E-state index contributed by atoms with van der Waals surface area (Å²) < 4.78 is 5.28. The van der Waals surface area contributed by atoms with Crippen molar-refractivity contribution >= 4 is 17.5 Å². The molecule has 0 spiro atoms. The lowest BCUT2D eigenvalue weighted by atomic mass is 10.1. The number of hydrogen-bond acceptors (Lipinski definition) is 4.